The number of carbonyl (C=O) groups is 1. The van der Waals surface area contributed by atoms with E-state index < -0.39 is 0 Å². The molecule has 0 spiro atoms. The quantitative estimate of drug-likeness (QED) is 0.747. The second-order valence-corrected chi connectivity index (χ2v) is 3.70. The van der Waals surface area contributed by atoms with Crippen LogP contribution in [0.4, 0.5) is 5.69 Å². The van der Waals surface area contributed by atoms with Crippen LogP contribution in [0, 0.1) is 0 Å². The molecule has 0 radical (unpaired) electrons. The molecule has 1 heterocycles. The van der Waals surface area contributed by atoms with Gasteiger partial charge in [0.2, 0.25) is 0 Å². The molecular formula is C10H11ClN2O. The Morgan fingerprint density at radius 1 is 1.43 bits per heavy atom. The molecule has 4 heteroatoms. The molecule has 0 bridgehead atoms. The number of benzene rings is 1. The first kappa shape index (κ1) is 9.34. The van der Waals surface area contributed by atoms with Gasteiger partial charge in [0.05, 0.1) is 11.7 Å². The van der Waals surface area contributed by atoms with E-state index in [4.69, 9.17) is 11.6 Å². The fourth-order valence-corrected chi connectivity index (χ4v) is 1.67. The summed E-state index contributed by atoms with van der Waals surface area (Å²) >= 11 is 5.84. The molecule has 1 atom stereocenters. The van der Waals surface area contributed by atoms with Gasteiger partial charge in [-0.25, -0.2) is 0 Å². The molecule has 1 aromatic carbocycles. The fraction of sp³-hybridized carbons (Fsp3) is 0.300. The second kappa shape index (κ2) is 3.50. The Kier molecular flexibility index (Phi) is 2.33. The molecule has 1 amide bonds. The summed E-state index contributed by atoms with van der Waals surface area (Å²) in [5.41, 5.74) is 1.47. The van der Waals surface area contributed by atoms with Gasteiger partial charge in [-0.1, -0.05) is 18.5 Å². The van der Waals surface area contributed by atoms with E-state index in [1.165, 1.54) is 0 Å². The van der Waals surface area contributed by atoms with Gasteiger partial charge < -0.3 is 10.6 Å². The number of hydrogen-bond donors (Lipinski definition) is 2. The van der Waals surface area contributed by atoms with Gasteiger partial charge in [-0.15, -0.1) is 0 Å². The summed E-state index contributed by atoms with van der Waals surface area (Å²) < 4.78 is 0. The fourth-order valence-electron chi connectivity index (χ4n) is 1.50. The molecule has 3 nitrogen and oxygen atoms in total. The van der Waals surface area contributed by atoms with Crippen LogP contribution >= 0.6 is 11.6 Å². The largest absolute Gasteiger partial charge is 0.365 e. The zero-order chi connectivity index (χ0) is 10.1. The molecule has 0 aromatic heterocycles. The lowest BCUT2D eigenvalue weighted by atomic mass is 10.1. The van der Waals surface area contributed by atoms with Crippen molar-refractivity contribution in [2.75, 3.05) is 5.32 Å². The van der Waals surface area contributed by atoms with E-state index >= 15 is 0 Å². The molecular weight excluding hydrogens is 200 g/mol. The average Bonchev–Trinajstić information content (AvgIpc) is 2.16. The Hall–Kier alpha value is -1.22. The van der Waals surface area contributed by atoms with Crippen LogP contribution < -0.4 is 10.6 Å². The van der Waals surface area contributed by atoms with E-state index in [9.17, 15) is 4.79 Å². The average molecular weight is 211 g/mol. The van der Waals surface area contributed by atoms with Crippen LogP contribution in [0.3, 0.4) is 0 Å². The van der Waals surface area contributed by atoms with Crippen molar-refractivity contribution in [2.24, 2.45) is 0 Å². The standard InChI is InChI=1S/C10H11ClN2O/c1-2-9-12-8-5-6(11)3-4-7(8)10(14)13-9/h3-5,9,12H,2H2,1H3,(H,13,14). The number of hydrogen-bond acceptors (Lipinski definition) is 2. The minimum absolute atomic E-state index is 0.00784. The Morgan fingerprint density at radius 3 is 2.93 bits per heavy atom. The molecule has 1 aliphatic heterocycles. The van der Waals surface area contributed by atoms with Crippen molar-refractivity contribution < 1.29 is 4.79 Å². The summed E-state index contributed by atoms with van der Waals surface area (Å²) in [5.74, 6) is -0.0396. The third-order valence-electron chi connectivity index (χ3n) is 2.27. The maximum absolute atomic E-state index is 11.6. The zero-order valence-electron chi connectivity index (χ0n) is 7.80. The lowest BCUT2D eigenvalue weighted by Gasteiger charge is -2.26. The molecule has 2 N–H and O–H groups in total. The molecule has 0 saturated carbocycles. The number of rotatable bonds is 1. The van der Waals surface area contributed by atoms with Crippen molar-refractivity contribution in [2.45, 2.75) is 19.5 Å². The van der Waals surface area contributed by atoms with Crippen molar-refractivity contribution in [3.8, 4) is 0 Å². The summed E-state index contributed by atoms with van der Waals surface area (Å²) in [6.45, 7) is 2.01. The van der Waals surface area contributed by atoms with Gasteiger partial charge in [-0.3, -0.25) is 4.79 Å². The summed E-state index contributed by atoms with van der Waals surface area (Å²) in [4.78, 5) is 11.6. The number of carbonyl (C=O) groups excluding carboxylic acids is 1. The number of anilines is 1. The van der Waals surface area contributed by atoms with Crippen LogP contribution in [-0.2, 0) is 0 Å². The molecule has 2 rings (SSSR count). The van der Waals surface area contributed by atoms with Gasteiger partial charge >= 0.3 is 0 Å². The van der Waals surface area contributed by atoms with Gasteiger partial charge in [0.15, 0.2) is 0 Å². The monoisotopic (exact) mass is 210 g/mol. The summed E-state index contributed by atoms with van der Waals surface area (Å²) in [6.07, 6.45) is 0.853. The highest BCUT2D eigenvalue weighted by Crippen LogP contribution is 2.24. The first-order valence-corrected chi connectivity index (χ1v) is 4.95. The smallest absolute Gasteiger partial charge is 0.254 e. The van der Waals surface area contributed by atoms with Gasteiger partial charge in [0.1, 0.15) is 0 Å². The third-order valence-corrected chi connectivity index (χ3v) is 2.50. The highest BCUT2D eigenvalue weighted by Gasteiger charge is 2.21. The summed E-state index contributed by atoms with van der Waals surface area (Å²) in [5, 5.41) is 6.69. The molecule has 0 aliphatic carbocycles. The molecule has 74 valence electrons. The molecule has 14 heavy (non-hydrogen) atoms. The first-order valence-electron chi connectivity index (χ1n) is 4.57. The van der Waals surface area contributed by atoms with E-state index in [0.29, 0.717) is 10.6 Å². The second-order valence-electron chi connectivity index (χ2n) is 3.27. The maximum Gasteiger partial charge on any atom is 0.254 e. The van der Waals surface area contributed by atoms with Crippen molar-refractivity contribution in [3.05, 3.63) is 28.8 Å². The number of fused-ring (bicyclic) bond motifs is 1. The molecule has 1 aliphatic rings. The van der Waals surface area contributed by atoms with E-state index in [-0.39, 0.29) is 12.1 Å². The van der Waals surface area contributed by atoms with Crippen LogP contribution in [-0.4, -0.2) is 12.1 Å². The molecule has 1 unspecified atom stereocenters. The highest BCUT2D eigenvalue weighted by atomic mass is 35.5. The van der Waals surface area contributed by atoms with E-state index in [1.807, 2.05) is 6.92 Å². The van der Waals surface area contributed by atoms with Gasteiger partial charge in [0.25, 0.3) is 5.91 Å². The predicted molar refractivity (Wildman–Crippen MR) is 56.6 cm³/mol. The molecule has 0 saturated heterocycles. The highest BCUT2D eigenvalue weighted by molar-refractivity contribution is 6.31. The SMILES string of the molecule is CCC1NC(=O)c2ccc(Cl)cc2N1. The number of nitrogens with one attached hydrogen (secondary N) is 2. The minimum atomic E-state index is -0.0396. The van der Waals surface area contributed by atoms with Crippen LogP contribution in [0.25, 0.3) is 0 Å². The third kappa shape index (κ3) is 1.55. The Morgan fingerprint density at radius 2 is 2.21 bits per heavy atom. The minimum Gasteiger partial charge on any atom is -0.365 e. The Labute approximate surface area is 87.4 Å². The van der Waals surface area contributed by atoms with Crippen molar-refractivity contribution in [3.63, 3.8) is 0 Å². The Bertz CT molecular complexity index is 378. The van der Waals surface area contributed by atoms with Crippen molar-refractivity contribution in [1.29, 1.82) is 0 Å². The van der Waals surface area contributed by atoms with Crippen molar-refractivity contribution in [1.82, 2.24) is 5.32 Å². The lowest BCUT2D eigenvalue weighted by molar-refractivity contribution is 0.0935. The predicted octanol–water partition coefficient (Wildman–Crippen LogP) is 2.23. The van der Waals surface area contributed by atoms with Gasteiger partial charge in [-0.2, -0.15) is 0 Å². The zero-order valence-corrected chi connectivity index (χ0v) is 8.56. The topological polar surface area (TPSA) is 41.1 Å². The van der Waals surface area contributed by atoms with Crippen LogP contribution in [0.1, 0.15) is 23.7 Å². The van der Waals surface area contributed by atoms with Crippen molar-refractivity contribution >= 4 is 23.2 Å². The van der Waals surface area contributed by atoms with E-state index in [2.05, 4.69) is 10.6 Å². The summed E-state index contributed by atoms with van der Waals surface area (Å²) in [6, 6.07) is 5.22. The van der Waals surface area contributed by atoms with Gasteiger partial charge in [-0.05, 0) is 24.6 Å². The van der Waals surface area contributed by atoms with E-state index in [1.54, 1.807) is 18.2 Å². The first-order chi connectivity index (χ1) is 6.70. The Balaban J connectivity index is 2.40. The number of amides is 1. The van der Waals surface area contributed by atoms with Crippen LogP contribution in [0.15, 0.2) is 18.2 Å². The molecule has 0 fully saturated rings. The summed E-state index contributed by atoms with van der Waals surface area (Å²) in [7, 11) is 0. The lowest BCUT2D eigenvalue weighted by Crippen LogP contribution is -2.44. The van der Waals surface area contributed by atoms with Gasteiger partial charge in [0, 0.05) is 10.7 Å². The van der Waals surface area contributed by atoms with Crippen LogP contribution in [0.5, 0.6) is 0 Å². The maximum atomic E-state index is 11.6. The number of halogens is 1. The normalized spacial score (nSPS) is 19.6. The van der Waals surface area contributed by atoms with E-state index in [0.717, 1.165) is 12.1 Å². The molecule has 1 aromatic rings. The van der Waals surface area contributed by atoms with Crippen LogP contribution in [0.2, 0.25) is 5.02 Å².